The van der Waals surface area contributed by atoms with Gasteiger partial charge in [-0.25, -0.2) is 4.98 Å². The summed E-state index contributed by atoms with van der Waals surface area (Å²) < 4.78 is 7.05. The molecule has 78 valence electrons. The Kier molecular flexibility index (Phi) is 3.83. The van der Waals surface area contributed by atoms with Crippen LogP contribution in [-0.4, -0.2) is 28.0 Å². The van der Waals surface area contributed by atoms with Gasteiger partial charge in [0.25, 0.3) is 0 Å². The van der Waals surface area contributed by atoms with E-state index in [2.05, 4.69) is 4.98 Å². The van der Waals surface area contributed by atoms with E-state index in [9.17, 15) is 4.79 Å². The first kappa shape index (κ1) is 10.9. The molecule has 0 bridgehead atoms. The highest BCUT2D eigenvalue weighted by Gasteiger charge is 2.15. The third kappa shape index (κ3) is 2.67. The number of carbonyl (C=O) groups is 1. The van der Waals surface area contributed by atoms with Crippen molar-refractivity contribution >= 4 is 5.78 Å². The molecule has 14 heavy (non-hydrogen) atoms. The molecule has 1 atom stereocenters. The second kappa shape index (κ2) is 4.91. The van der Waals surface area contributed by atoms with Crippen LogP contribution in [-0.2, 0) is 23.0 Å². The fourth-order valence-electron chi connectivity index (χ4n) is 1.21. The Morgan fingerprint density at radius 2 is 2.43 bits per heavy atom. The molecule has 4 nitrogen and oxygen atoms in total. The first-order valence-electron chi connectivity index (χ1n) is 4.75. The van der Waals surface area contributed by atoms with Crippen LogP contribution < -0.4 is 0 Å². The zero-order valence-corrected chi connectivity index (χ0v) is 8.86. The van der Waals surface area contributed by atoms with Gasteiger partial charge in [0.1, 0.15) is 11.9 Å². The van der Waals surface area contributed by atoms with Crippen LogP contribution in [0.2, 0.25) is 0 Å². The second-order valence-electron chi connectivity index (χ2n) is 3.20. The third-order valence-electron chi connectivity index (χ3n) is 2.12. The van der Waals surface area contributed by atoms with Crippen LogP contribution in [0.1, 0.15) is 19.7 Å². The van der Waals surface area contributed by atoms with Crippen LogP contribution in [0.3, 0.4) is 0 Å². The predicted octanol–water partition coefficient (Wildman–Crippen LogP) is 0.957. The van der Waals surface area contributed by atoms with E-state index in [-0.39, 0.29) is 11.9 Å². The third-order valence-corrected chi connectivity index (χ3v) is 2.12. The number of rotatable bonds is 5. The van der Waals surface area contributed by atoms with Crippen LogP contribution in [0.15, 0.2) is 12.4 Å². The van der Waals surface area contributed by atoms with Crippen molar-refractivity contribution in [2.75, 3.05) is 6.61 Å². The molecule has 0 aliphatic carbocycles. The van der Waals surface area contributed by atoms with Gasteiger partial charge in [0.2, 0.25) is 0 Å². The van der Waals surface area contributed by atoms with Crippen LogP contribution in [0, 0.1) is 0 Å². The molecule has 1 rings (SSSR count). The highest BCUT2D eigenvalue weighted by molar-refractivity contribution is 5.84. The van der Waals surface area contributed by atoms with Gasteiger partial charge in [-0.1, -0.05) is 0 Å². The molecule has 0 N–H and O–H groups in total. The lowest BCUT2D eigenvalue weighted by atomic mass is 10.2. The molecule has 0 spiro atoms. The maximum atomic E-state index is 11.6. The molecule has 0 amide bonds. The monoisotopic (exact) mass is 196 g/mol. The minimum absolute atomic E-state index is 0.0705. The largest absolute Gasteiger partial charge is 0.371 e. The Balaban J connectivity index is 2.53. The number of nitrogens with zero attached hydrogens (tertiary/aromatic N) is 2. The normalized spacial score (nSPS) is 12.8. The second-order valence-corrected chi connectivity index (χ2v) is 3.20. The Labute approximate surface area is 83.9 Å². The van der Waals surface area contributed by atoms with Crippen molar-refractivity contribution in [3.63, 3.8) is 0 Å². The van der Waals surface area contributed by atoms with Gasteiger partial charge in [0.15, 0.2) is 5.78 Å². The van der Waals surface area contributed by atoms with Gasteiger partial charge in [-0.15, -0.1) is 0 Å². The Morgan fingerprint density at radius 3 is 2.93 bits per heavy atom. The molecule has 0 fully saturated rings. The summed E-state index contributed by atoms with van der Waals surface area (Å²) in [5.74, 6) is 0.850. The van der Waals surface area contributed by atoms with Gasteiger partial charge in [-0.3, -0.25) is 4.79 Å². The van der Waals surface area contributed by atoms with Crippen molar-refractivity contribution in [2.45, 2.75) is 26.4 Å². The zero-order chi connectivity index (χ0) is 10.6. The average molecular weight is 196 g/mol. The smallest absolute Gasteiger partial charge is 0.168 e. The minimum Gasteiger partial charge on any atom is -0.371 e. The Hall–Kier alpha value is -1.16. The number of imidazole rings is 1. The summed E-state index contributed by atoms with van der Waals surface area (Å²) in [4.78, 5) is 15.7. The summed E-state index contributed by atoms with van der Waals surface area (Å²) >= 11 is 0. The van der Waals surface area contributed by atoms with E-state index in [1.165, 1.54) is 0 Å². The highest BCUT2D eigenvalue weighted by Crippen LogP contribution is 2.01. The van der Waals surface area contributed by atoms with E-state index in [0.717, 1.165) is 5.82 Å². The number of ketones is 1. The Morgan fingerprint density at radius 1 is 1.71 bits per heavy atom. The number of carbonyl (C=O) groups excluding carboxylic acids is 1. The number of Topliss-reactive ketones (excluding diaryl/α,β-unsaturated/α-hetero) is 1. The lowest BCUT2D eigenvalue weighted by Gasteiger charge is -2.09. The minimum atomic E-state index is -0.336. The molecule has 0 aromatic carbocycles. The average Bonchev–Trinajstić information content (AvgIpc) is 2.52. The predicted molar refractivity (Wildman–Crippen MR) is 53.0 cm³/mol. The van der Waals surface area contributed by atoms with E-state index in [4.69, 9.17) is 4.74 Å². The molecule has 1 aromatic heterocycles. The van der Waals surface area contributed by atoms with E-state index in [1.54, 1.807) is 13.1 Å². The van der Waals surface area contributed by atoms with Crippen LogP contribution in [0.25, 0.3) is 0 Å². The van der Waals surface area contributed by atoms with Crippen molar-refractivity contribution in [1.82, 2.24) is 9.55 Å². The molecule has 0 aliphatic heterocycles. The number of ether oxygens (including phenoxy) is 1. The van der Waals surface area contributed by atoms with Gasteiger partial charge in [-0.05, 0) is 13.8 Å². The fraction of sp³-hybridized carbons (Fsp3) is 0.600. The van der Waals surface area contributed by atoms with Crippen molar-refractivity contribution in [2.24, 2.45) is 7.05 Å². The number of hydrogen-bond acceptors (Lipinski definition) is 3. The Bertz CT molecular complexity index is 307. The maximum Gasteiger partial charge on any atom is 0.168 e. The summed E-state index contributed by atoms with van der Waals surface area (Å²) in [5, 5.41) is 0. The maximum absolute atomic E-state index is 11.6. The van der Waals surface area contributed by atoms with Gasteiger partial charge in [-0.2, -0.15) is 0 Å². The molecule has 0 saturated heterocycles. The van der Waals surface area contributed by atoms with Crippen LogP contribution >= 0.6 is 0 Å². The summed E-state index contributed by atoms with van der Waals surface area (Å²) in [6, 6.07) is 0. The number of hydrogen-bond donors (Lipinski definition) is 0. The summed E-state index contributed by atoms with van der Waals surface area (Å²) in [5.41, 5.74) is 0. The first-order chi connectivity index (χ1) is 6.65. The molecule has 1 heterocycles. The topological polar surface area (TPSA) is 44.1 Å². The lowest BCUT2D eigenvalue weighted by Crippen LogP contribution is -2.23. The van der Waals surface area contributed by atoms with Crippen molar-refractivity contribution in [1.29, 1.82) is 0 Å². The van der Waals surface area contributed by atoms with Gasteiger partial charge < -0.3 is 9.30 Å². The van der Waals surface area contributed by atoms with Gasteiger partial charge in [0.05, 0.1) is 6.42 Å². The van der Waals surface area contributed by atoms with Crippen molar-refractivity contribution in [3.05, 3.63) is 18.2 Å². The summed E-state index contributed by atoms with van der Waals surface area (Å²) in [6.45, 7) is 4.22. The van der Waals surface area contributed by atoms with E-state index in [1.807, 2.05) is 24.7 Å². The fourth-order valence-corrected chi connectivity index (χ4v) is 1.21. The van der Waals surface area contributed by atoms with Gasteiger partial charge >= 0.3 is 0 Å². The standard InChI is InChI=1S/C10H16N2O2/c1-4-14-8(2)9(13)7-10-11-5-6-12(10)3/h5-6,8H,4,7H2,1-3H3. The van der Waals surface area contributed by atoms with E-state index in [0.29, 0.717) is 13.0 Å². The number of aryl methyl sites for hydroxylation is 1. The highest BCUT2D eigenvalue weighted by atomic mass is 16.5. The molecular formula is C10H16N2O2. The SMILES string of the molecule is CCOC(C)C(=O)Cc1nccn1C. The molecular weight excluding hydrogens is 180 g/mol. The number of aromatic nitrogens is 2. The molecule has 1 aromatic rings. The van der Waals surface area contributed by atoms with Gasteiger partial charge in [0, 0.05) is 26.0 Å². The van der Waals surface area contributed by atoms with Crippen molar-refractivity contribution < 1.29 is 9.53 Å². The lowest BCUT2D eigenvalue weighted by molar-refractivity contribution is -0.128. The van der Waals surface area contributed by atoms with E-state index >= 15 is 0 Å². The zero-order valence-electron chi connectivity index (χ0n) is 8.86. The molecule has 0 saturated carbocycles. The first-order valence-corrected chi connectivity index (χ1v) is 4.75. The van der Waals surface area contributed by atoms with Crippen LogP contribution in [0.5, 0.6) is 0 Å². The molecule has 1 unspecified atom stereocenters. The summed E-state index contributed by atoms with van der Waals surface area (Å²) in [7, 11) is 1.88. The van der Waals surface area contributed by atoms with Crippen LogP contribution in [0.4, 0.5) is 0 Å². The quantitative estimate of drug-likeness (QED) is 0.704. The molecule has 4 heteroatoms. The summed E-state index contributed by atoms with van der Waals surface area (Å²) in [6.07, 6.45) is 3.52. The molecule has 0 radical (unpaired) electrons. The molecule has 0 aliphatic rings. The van der Waals surface area contributed by atoms with Crippen molar-refractivity contribution in [3.8, 4) is 0 Å². The van der Waals surface area contributed by atoms with E-state index < -0.39 is 0 Å².